The highest BCUT2D eigenvalue weighted by Gasteiger charge is 2.19. The average Bonchev–Trinajstić information content (AvgIpc) is 2.31. The molecule has 16 heavy (non-hydrogen) atoms. The maximum atomic E-state index is 12.0. The fraction of sp³-hybridized carbons (Fsp3) is 0.750. The third kappa shape index (κ3) is 3.06. The Morgan fingerprint density at radius 2 is 2.12 bits per heavy atom. The first kappa shape index (κ1) is 11.6. The summed E-state index contributed by atoms with van der Waals surface area (Å²) in [5.74, 6) is 0.283. The van der Waals surface area contributed by atoms with Crippen LogP contribution in [0.1, 0.15) is 13.3 Å². The van der Waals surface area contributed by atoms with Crippen LogP contribution in [-0.4, -0.2) is 61.5 Å². The Kier molecular flexibility index (Phi) is 3.96. The molecule has 0 bridgehead atoms. The van der Waals surface area contributed by atoms with E-state index in [2.05, 4.69) is 23.2 Å². The molecule has 0 unspecified atom stereocenters. The van der Waals surface area contributed by atoms with Crippen molar-refractivity contribution in [3.8, 4) is 0 Å². The molecular formula is C12H21N3O. The molecule has 1 amide bonds. The van der Waals surface area contributed by atoms with Gasteiger partial charge >= 0.3 is 0 Å². The summed E-state index contributed by atoms with van der Waals surface area (Å²) < 4.78 is 0. The van der Waals surface area contributed by atoms with Gasteiger partial charge in [-0.15, -0.1) is 0 Å². The summed E-state index contributed by atoms with van der Waals surface area (Å²) in [5.41, 5.74) is 1.41. The summed E-state index contributed by atoms with van der Waals surface area (Å²) in [6.07, 6.45) is 3.20. The molecule has 0 radical (unpaired) electrons. The van der Waals surface area contributed by atoms with E-state index in [-0.39, 0.29) is 5.91 Å². The molecule has 2 rings (SSSR count). The van der Waals surface area contributed by atoms with Gasteiger partial charge in [0.1, 0.15) is 0 Å². The van der Waals surface area contributed by atoms with Crippen molar-refractivity contribution in [2.45, 2.75) is 13.3 Å². The molecule has 1 fully saturated rings. The number of rotatable bonds is 2. The molecule has 1 N–H and O–H groups in total. The second kappa shape index (κ2) is 5.46. The van der Waals surface area contributed by atoms with Crippen molar-refractivity contribution in [1.82, 2.24) is 15.1 Å². The number of piperazine rings is 1. The number of amides is 1. The van der Waals surface area contributed by atoms with Crippen molar-refractivity contribution in [3.05, 3.63) is 11.6 Å². The van der Waals surface area contributed by atoms with Crippen LogP contribution in [0.5, 0.6) is 0 Å². The molecule has 0 aromatic rings. The van der Waals surface area contributed by atoms with Gasteiger partial charge in [0.25, 0.3) is 0 Å². The fourth-order valence-electron chi connectivity index (χ4n) is 2.16. The molecule has 90 valence electrons. The molecule has 2 aliphatic rings. The maximum Gasteiger partial charge on any atom is 0.237 e. The Morgan fingerprint density at radius 3 is 2.75 bits per heavy atom. The first-order chi connectivity index (χ1) is 7.75. The second-order valence-corrected chi connectivity index (χ2v) is 4.67. The van der Waals surface area contributed by atoms with Gasteiger partial charge in [0.05, 0.1) is 6.54 Å². The number of nitrogens with zero attached hydrogens (tertiary/aromatic N) is 2. The highest BCUT2D eigenvalue weighted by Crippen LogP contribution is 2.09. The van der Waals surface area contributed by atoms with Crippen LogP contribution in [0.4, 0.5) is 0 Å². The summed E-state index contributed by atoms with van der Waals surface area (Å²) in [5, 5.41) is 3.30. The smallest absolute Gasteiger partial charge is 0.237 e. The lowest BCUT2D eigenvalue weighted by Gasteiger charge is -2.31. The van der Waals surface area contributed by atoms with Crippen molar-refractivity contribution in [3.63, 3.8) is 0 Å². The van der Waals surface area contributed by atoms with Crippen molar-refractivity contribution >= 4 is 5.91 Å². The monoisotopic (exact) mass is 223 g/mol. The van der Waals surface area contributed by atoms with Gasteiger partial charge in [-0.3, -0.25) is 9.69 Å². The Bertz CT molecular complexity index is 282. The van der Waals surface area contributed by atoms with Gasteiger partial charge in [-0.1, -0.05) is 11.6 Å². The van der Waals surface area contributed by atoms with Gasteiger partial charge in [-0.2, -0.15) is 0 Å². The van der Waals surface area contributed by atoms with E-state index in [0.717, 1.165) is 45.7 Å². The number of carbonyl (C=O) groups excluding carboxylic acids is 1. The topological polar surface area (TPSA) is 35.6 Å². The Hall–Kier alpha value is -0.870. The number of hydrogen-bond acceptors (Lipinski definition) is 3. The zero-order valence-electron chi connectivity index (χ0n) is 10.0. The summed E-state index contributed by atoms with van der Waals surface area (Å²) in [7, 11) is 0. The zero-order valence-corrected chi connectivity index (χ0v) is 10.0. The van der Waals surface area contributed by atoms with E-state index in [1.807, 2.05) is 4.90 Å². The SMILES string of the molecule is CC1=CCN(C(=O)CN2CCNCC2)CC1. The fourth-order valence-corrected chi connectivity index (χ4v) is 2.16. The molecule has 1 saturated heterocycles. The van der Waals surface area contributed by atoms with Crippen LogP contribution in [0.2, 0.25) is 0 Å². The number of nitrogens with one attached hydrogen (secondary N) is 1. The van der Waals surface area contributed by atoms with Crippen LogP contribution >= 0.6 is 0 Å². The van der Waals surface area contributed by atoms with Crippen LogP contribution in [0, 0.1) is 0 Å². The van der Waals surface area contributed by atoms with Crippen molar-refractivity contribution in [1.29, 1.82) is 0 Å². The Morgan fingerprint density at radius 1 is 1.38 bits per heavy atom. The van der Waals surface area contributed by atoms with Crippen molar-refractivity contribution in [2.75, 3.05) is 45.8 Å². The van der Waals surface area contributed by atoms with Crippen LogP contribution in [0.3, 0.4) is 0 Å². The second-order valence-electron chi connectivity index (χ2n) is 4.67. The van der Waals surface area contributed by atoms with E-state index in [9.17, 15) is 4.79 Å². The van der Waals surface area contributed by atoms with Gasteiger partial charge in [0.15, 0.2) is 0 Å². The normalized spacial score (nSPS) is 23.1. The lowest BCUT2D eigenvalue weighted by molar-refractivity contribution is -0.132. The van der Waals surface area contributed by atoms with Gasteiger partial charge in [-0.05, 0) is 13.3 Å². The molecule has 0 aromatic heterocycles. The zero-order chi connectivity index (χ0) is 11.4. The molecule has 4 nitrogen and oxygen atoms in total. The van der Waals surface area contributed by atoms with E-state index in [1.54, 1.807) is 0 Å². The molecular weight excluding hydrogens is 202 g/mol. The van der Waals surface area contributed by atoms with Crippen LogP contribution in [0.25, 0.3) is 0 Å². The van der Waals surface area contributed by atoms with Gasteiger partial charge in [-0.25, -0.2) is 0 Å². The van der Waals surface area contributed by atoms with Gasteiger partial charge in [0.2, 0.25) is 5.91 Å². The average molecular weight is 223 g/mol. The van der Waals surface area contributed by atoms with Crippen LogP contribution in [-0.2, 0) is 4.79 Å². The van der Waals surface area contributed by atoms with Crippen molar-refractivity contribution in [2.24, 2.45) is 0 Å². The van der Waals surface area contributed by atoms with Gasteiger partial charge < -0.3 is 10.2 Å². The Labute approximate surface area is 97.3 Å². The Balaban J connectivity index is 1.79. The van der Waals surface area contributed by atoms with Gasteiger partial charge in [0, 0.05) is 39.3 Å². The molecule has 4 heteroatoms. The molecule has 0 spiro atoms. The quantitative estimate of drug-likeness (QED) is 0.673. The summed E-state index contributed by atoms with van der Waals surface area (Å²) in [6.45, 7) is 8.43. The third-order valence-corrected chi connectivity index (χ3v) is 3.36. The predicted octanol–water partition coefficient (Wildman–Crippen LogP) is 0.0702. The summed E-state index contributed by atoms with van der Waals surface area (Å²) >= 11 is 0. The molecule has 2 aliphatic heterocycles. The van der Waals surface area contributed by atoms with Crippen molar-refractivity contribution < 1.29 is 4.79 Å². The minimum Gasteiger partial charge on any atom is -0.338 e. The minimum atomic E-state index is 0.283. The lowest BCUT2D eigenvalue weighted by atomic mass is 10.1. The molecule has 0 aliphatic carbocycles. The first-order valence-electron chi connectivity index (χ1n) is 6.12. The summed E-state index contributed by atoms with van der Waals surface area (Å²) in [6, 6.07) is 0. The first-order valence-corrected chi connectivity index (χ1v) is 6.12. The van der Waals surface area contributed by atoms with E-state index in [1.165, 1.54) is 5.57 Å². The largest absolute Gasteiger partial charge is 0.338 e. The van der Waals surface area contributed by atoms with Crippen LogP contribution < -0.4 is 5.32 Å². The van der Waals surface area contributed by atoms with E-state index in [0.29, 0.717) is 6.54 Å². The third-order valence-electron chi connectivity index (χ3n) is 3.36. The van der Waals surface area contributed by atoms with E-state index in [4.69, 9.17) is 0 Å². The molecule has 2 heterocycles. The minimum absolute atomic E-state index is 0.283. The van der Waals surface area contributed by atoms with Crippen LogP contribution in [0.15, 0.2) is 11.6 Å². The maximum absolute atomic E-state index is 12.0. The molecule has 0 saturated carbocycles. The summed E-state index contributed by atoms with van der Waals surface area (Å²) in [4.78, 5) is 16.2. The highest BCUT2D eigenvalue weighted by molar-refractivity contribution is 5.78. The number of carbonyl (C=O) groups is 1. The molecule has 0 aromatic carbocycles. The van der Waals surface area contributed by atoms with E-state index < -0.39 is 0 Å². The van der Waals surface area contributed by atoms with E-state index >= 15 is 0 Å². The predicted molar refractivity (Wildman–Crippen MR) is 64.3 cm³/mol. The molecule has 0 atom stereocenters. The highest BCUT2D eigenvalue weighted by atomic mass is 16.2. The standard InChI is InChI=1S/C12H21N3O/c1-11-2-6-15(7-3-11)12(16)10-14-8-4-13-5-9-14/h2,13H,3-10H2,1H3. The number of hydrogen-bond donors (Lipinski definition) is 1. The lowest BCUT2D eigenvalue weighted by Crippen LogP contribution is -2.49.